The Morgan fingerprint density at radius 1 is 1.32 bits per heavy atom. The van der Waals surface area contributed by atoms with E-state index in [0.717, 1.165) is 18.2 Å². The number of thiocarbonyl (C=S) groups is 1. The van der Waals surface area contributed by atoms with E-state index < -0.39 is 17.5 Å². The molecule has 2 N–H and O–H groups in total. The smallest absolute Gasteiger partial charge is 0.254 e. The average molecular weight is 286 g/mol. The van der Waals surface area contributed by atoms with E-state index >= 15 is 0 Å². The van der Waals surface area contributed by atoms with Gasteiger partial charge < -0.3 is 10.6 Å². The molecule has 0 heterocycles. The van der Waals surface area contributed by atoms with Crippen LogP contribution in [-0.4, -0.2) is 28.4 Å². The molecule has 0 aliphatic rings. The predicted octanol–water partition coefficient (Wildman–Crippen LogP) is 2.49. The van der Waals surface area contributed by atoms with Crippen LogP contribution in [0.2, 0.25) is 0 Å². The maximum atomic E-state index is 13.1. The molecule has 0 fully saturated rings. The molecule has 1 aromatic rings. The molecule has 0 aliphatic heterocycles. The number of benzene rings is 1. The lowest BCUT2D eigenvalue weighted by atomic mass is 10.1. The van der Waals surface area contributed by atoms with Crippen molar-refractivity contribution in [3.05, 3.63) is 35.4 Å². The molecule has 1 amide bonds. The SMILES string of the molecule is CC(C)N(CCC(N)=S)C(=O)c1cc(F)cc(F)c1. The highest BCUT2D eigenvalue weighted by molar-refractivity contribution is 7.80. The van der Waals surface area contributed by atoms with Gasteiger partial charge in [0.2, 0.25) is 0 Å². The molecule has 0 bridgehead atoms. The molecule has 6 heteroatoms. The maximum Gasteiger partial charge on any atom is 0.254 e. The highest BCUT2D eigenvalue weighted by atomic mass is 32.1. The third-order valence-corrected chi connectivity index (χ3v) is 2.80. The first-order chi connectivity index (χ1) is 8.81. The van der Waals surface area contributed by atoms with Crippen LogP contribution in [0, 0.1) is 11.6 Å². The Morgan fingerprint density at radius 2 is 1.84 bits per heavy atom. The van der Waals surface area contributed by atoms with Crippen molar-refractivity contribution in [2.75, 3.05) is 6.54 Å². The number of carbonyl (C=O) groups is 1. The van der Waals surface area contributed by atoms with Crippen molar-refractivity contribution in [3.8, 4) is 0 Å². The van der Waals surface area contributed by atoms with Crippen molar-refractivity contribution in [3.63, 3.8) is 0 Å². The van der Waals surface area contributed by atoms with Crippen LogP contribution in [0.5, 0.6) is 0 Å². The molecule has 0 aromatic heterocycles. The van der Waals surface area contributed by atoms with Crippen LogP contribution in [0.1, 0.15) is 30.6 Å². The zero-order valence-corrected chi connectivity index (χ0v) is 11.6. The fourth-order valence-electron chi connectivity index (χ4n) is 1.67. The number of hydrogen-bond acceptors (Lipinski definition) is 2. The van der Waals surface area contributed by atoms with Gasteiger partial charge in [0.1, 0.15) is 11.6 Å². The molecule has 3 nitrogen and oxygen atoms in total. The second-order valence-corrected chi connectivity index (χ2v) is 4.99. The fourth-order valence-corrected chi connectivity index (χ4v) is 1.76. The highest BCUT2D eigenvalue weighted by Gasteiger charge is 2.20. The van der Waals surface area contributed by atoms with Gasteiger partial charge in [-0.25, -0.2) is 8.78 Å². The molecule has 0 radical (unpaired) electrons. The molecular formula is C13H16F2N2OS. The molecule has 0 atom stereocenters. The van der Waals surface area contributed by atoms with Gasteiger partial charge in [-0.1, -0.05) is 12.2 Å². The van der Waals surface area contributed by atoms with Crippen molar-refractivity contribution in [1.82, 2.24) is 4.90 Å². The lowest BCUT2D eigenvalue weighted by molar-refractivity contribution is 0.0710. The Kier molecular flexibility index (Phi) is 5.35. The van der Waals surface area contributed by atoms with Gasteiger partial charge in [-0.3, -0.25) is 4.79 Å². The number of amides is 1. The van der Waals surface area contributed by atoms with Crippen molar-refractivity contribution < 1.29 is 13.6 Å². The van der Waals surface area contributed by atoms with Gasteiger partial charge in [-0.15, -0.1) is 0 Å². The summed E-state index contributed by atoms with van der Waals surface area (Å²) in [5.74, 6) is -1.99. The number of hydrogen-bond donors (Lipinski definition) is 1. The second-order valence-electron chi connectivity index (χ2n) is 4.47. The first-order valence-electron chi connectivity index (χ1n) is 5.86. The lowest BCUT2D eigenvalue weighted by Gasteiger charge is -2.26. The molecule has 0 saturated heterocycles. The number of rotatable bonds is 5. The molecule has 0 aliphatic carbocycles. The Morgan fingerprint density at radius 3 is 2.26 bits per heavy atom. The second kappa shape index (κ2) is 6.56. The summed E-state index contributed by atoms with van der Waals surface area (Å²) in [4.78, 5) is 14.0. The Bertz CT molecular complexity index is 471. The first-order valence-corrected chi connectivity index (χ1v) is 6.27. The summed E-state index contributed by atoms with van der Waals surface area (Å²) >= 11 is 4.77. The fraction of sp³-hybridized carbons (Fsp3) is 0.385. The average Bonchev–Trinajstić information content (AvgIpc) is 2.26. The number of halogens is 2. The van der Waals surface area contributed by atoms with Gasteiger partial charge in [0.15, 0.2) is 0 Å². The van der Waals surface area contributed by atoms with E-state index in [1.807, 2.05) is 13.8 Å². The Hall–Kier alpha value is -1.56. The van der Waals surface area contributed by atoms with E-state index in [-0.39, 0.29) is 11.6 Å². The first kappa shape index (κ1) is 15.5. The summed E-state index contributed by atoms with van der Waals surface area (Å²) in [6.07, 6.45) is 0.372. The summed E-state index contributed by atoms with van der Waals surface area (Å²) < 4.78 is 26.2. The van der Waals surface area contributed by atoms with Gasteiger partial charge in [0, 0.05) is 30.6 Å². The minimum Gasteiger partial charge on any atom is -0.393 e. The number of nitrogens with two attached hydrogens (primary N) is 1. The zero-order valence-electron chi connectivity index (χ0n) is 10.8. The standard InChI is InChI=1S/C13H16F2N2OS/c1-8(2)17(4-3-12(16)19)13(18)9-5-10(14)7-11(15)6-9/h5-8H,3-4H2,1-2H3,(H2,16,19). The van der Waals surface area contributed by atoms with Crippen LogP contribution < -0.4 is 5.73 Å². The Labute approximate surface area is 116 Å². The normalized spacial score (nSPS) is 10.6. The van der Waals surface area contributed by atoms with Crippen LogP contribution in [-0.2, 0) is 0 Å². The van der Waals surface area contributed by atoms with Crippen molar-refractivity contribution in [2.24, 2.45) is 5.73 Å². The minimum atomic E-state index is -0.776. The summed E-state index contributed by atoms with van der Waals surface area (Å²) in [7, 11) is 0. The van der Waals surface area contributed by atoms with E-state index in [4.69, 9.17) is 18.0 Å². The number of nitrogens with zero attached hydrogens (tertiary/aromatic N) is 1. The highest BCUT2D eigenvalue weighted by Crippen LogP contribution is 2.13. The van der Waals surface area contributed by atoms with Crippen LogP contribution >= 0.6 is 12.2 Å². The van der Waals surface area contributed by atoms with Crippen LogP contribution in [0.3, 0.4) is 0 Å². The maximum absolute atomic E-state index is 13.1. The van der Waals surface area contributed by atoms with Crippen molar-refractivity contribution in [2.45, 2.75) is 26.3 Å². The topological polar surface area (TPSA) is 46.3 Å². The summed E-state index contributed by atoms with van der Waals surface area (Å²) in [6.45, 7) is 3.95. The molecular weight excluding hydrogens is 270 g/mol. The van der Waals surface area contributed by atoms with E-state index in [2.05, 4.69) is 0 Å². The van der Waals surface area contributed by atoms with E-state index in [1.54, 1.807) is 0 Å². The van der Waals surface area contributed by atoms with Crippen molar-refractivity contribution >= 4 is 23.1 Å². The van der Waals surface area contributed by atoms with E-state index in [0.29, 0.717) is 18.0 Å². The quantitative estimate of drug-likeness (QED) is 0.846. The Balaban J connectivity index is 2.95. The van der Waals surface area contributed by atoms with E-state index in [9.17, 15) is 13.6 Å². The summed E-state index contributed by atoms with van der Waals surface area (Å²) in [5, 5.41) is 0. The van der Waals surface area contributed by atoms with Crippen LogP contribution in [0.25, 0.3) is 0 Å². The van der Waals surface area contributed by atoms with Gasteiger partial charge >= 0.3 is 0 Å². The number of carbonyl (C=O) groups excluding carboxylic acids is 1. The minimum absolute atomic E-state index is 0.0193. The van der Waals surface area contributed by atoms with Gasteiger partial charge in [0.05, 0.1) is 4.99 Å². The summed E-state index contributed by atoms with van der Waals surface area (Å²) in [5.41, 5.74) is 5.38. The molecule has 1 rings (SSSR count). The molecule has 0 spiro atoms. The zero-order chi connectivity index (χ0) is 14.6. The molecule has 104 valence electrons. The van der Waals surface area contributed by atoms with Crippen LogP contribution in [0.4, 0.5) is 8.78 Å². The lowest BCUT2D eigenvalue weighted by Crippen LogP contribution is -2.39. The van der Waals surface area contributed by atoms with Gasteiger partial charge in [0.25, 0.3) is 5.91 Å². The molecule has 0 unspecified atom stereocenters. The monoisotopic (exact) mass is 286 g/mol. The third-order valence-electron chi connectivity index (χ3n) is 2.59. The predicted molar refractivity (Wildman–Crippen MR) is 73.9 cm³/mol. The van der Waals surface area contributed by atoms with Crippen LogP contribution in [0.15, 0.2) is 18.2 Å². The summed E-state index contributed by atoms with van der Waals surface area (Å²) in [6, 6.07) is 2.64. The molecule has 1 aromatic carbocycles. The molecule has 0 saturated carbocycles. The van der Waals surface area contributed by atoms with Gasteiger partial charge in [-0.05, 0) is 26.0 Å². The van der Waals surface area contributed by atoms with Gasteiger partial charge in [-0.2, -0.15) is 0 Å². The third kappa shape index (κ3) is 4.55. The largest absolute Gasteiger partial charge is 0.393 e. The van der Waals surface area contributed by atoms with Crippen molar-refractivity contribution in [1.29, 1.82) is 0 Å². The van der Waals surface area contributed by atoms with E-state index in [1.165, 1.54) is 4.90 Å². The molecule has 19 heavy (non-hydrogen) atoms.